The van der Waals surface area contributed by atoms with Gasteiger partial charge in [0.15, 0.2) is 0 Å². The summed E-state index contributed by atoms with van der Waals surface area (Å²) < 4.78 is 0. The summed E-state index contributed by atoms with van der Waals surface area (Å²) in [6.45, 7) is 8.75. The van der Waals surface area contributed by atoms with E-state index >= 15 is 0 Å². The summed E-state index contributed by atoms with van der Waals surface area (Å²) in [7, 11) is 1.98. The van der Waals surface area contributed by atoms with E-state index in [9.17, 15) is 5.11 Å². The summed E-state index contributed by atoms with van der Waals surface area (Å²) in [6, 6.07) is 0. The van der Waals surface area contributed by atoms with Crippen molar-refractivity contribution in [2.75, 3.05) is 19.4 Å². The molecule has 96 valence electrons. The molecule has 0 saturated heterocycles. The number of aromatic nitrogens is 1. The molecule has 0 aliphatic rings. The van der Waals surface area contributed by atoms with E-state index in [1.165, 1.54) is 0 Å². The van der Waals surface area contributed by atoms with Crippen LogP contribution in [0.1, 0.15) is 30.7 Å². The van der Waals surface area contributed by atoms with Gasteiger partial charge in [-0.3, -0.25) is 9.88 Å². The molecule has 17 heavy (non-hydrogen) atoms. The van der Waals surface area contributed by atoms with Crippen molar-refractivity contribution in [3.63, 3.8) is 0 Å². The van der Waals surface area contributed by atoms with Crippen LogP contribution in [0.4, 0.5) is 5.69 Å². The van der Waals surface area contributed by atoms with Crippen molar-refractivity contribution in [1.82, 2.24) is 9.88 Å². The van der Waals surface area contributed by atoms with Gasteiger partial charge in [0, 0.05) is 24.0 Å². The van der Waals surface area contributed by atoms with Gasteiger partial charge in [0.05, 0.1) is 12.3 Å². The Balaban J connectivity index is 2.93. The van der Waals surface area contributed by atoms with Gasteiger partial charge >= 0.3 is 0 Å². The lowest BCUT2D eigenvalue weighted by Gasteiger charge is -2.34. The highest BCUT2D eigenvalue weighted by molar-refractivity contribution is 5.53. The number of rotatable bonds is 4. The zero-order valence-electron chi connectivity index (χ0n) is 11.4. The molecule has 0 aliphatic heterocycles. The molecule has 0 atom stereocenters. The molecule has 1 aromatic rings. The van der Waals surface area contributed by atoms with Gasteiger partial charge in [-0.1, -0.05) is 0 Å². The van der Waals surface area contributed by atoms with Gasteiger partial charge in [-0.2, -0.15) is 0 Å². The third kappa shape index (κ3) is 2.96. The first-order chi connectivity index (χ1) is 7.79. The summed E-state index contributed by atoms with van der Waals surface area (Å²) in [5.74, 6) is 0. The number of aliphatic hydroxyl groups is 1. The third-order valence-electron chi connectivity index (χ3n) is 3.48. The second-order valence-corrected chi connectivity index (χ2v) is 5.25. The van der Waals surface area contributed by atoms with Gasteiger partial charge in [-0.25, -0.2) is 0 Å². The largest absolute Gasteiger partial charge is 0.398 e. The Morgan fingerprint density at radius 3 is 2.53 bits per heavy atom. The maximum absolute atomic E-state index is 9.32. The Labute approximate surface area is 103 Å². The van der Waals surface area contributed by atoms with E-state index in [4.69, 9.17) is 5.73 Å². The number of nitrogens with zero attached hydrogens (tertiary/aromatic N) is 2. The molecule has 4 nitrogen and oxygen atoms in total. The first-order valence-corrected chi connectivity index (χ1v) is 5.82. The summed E-state index contributed by atoms with van der Waals surface area (Å²) in [5, 5.41) is 9.32. The summed E-state index contributed by atoms with van der Waals surface area (Å²) in [6.07, 6.45) is 1.80. The molecule has 0 unspecified atom stereocenters. The number of anilines is 1. The van der Waals surface area contributed by atoms with Crippen LogP contribution in [0.3, 0.4) is 0 Å². The van der Waals surface area contributed by atoms with Crippen LogP contribution >= 0.6 is 0 Å². The predicted octanol–water partition coefficient (Wildman–Crippen LogP) is 1.48. The predicted molar refractivity (Wildman–Crippen MR) is 70.8 cm³/mol. The van der Waals surface area contributed by atoms with Crippen LogP contribution < -0.4 is 5.73 Å². The smallest absolute Gasteiger partial charge is 0.0610 e. The lowest BCUT2D eigenvalue weighted by atomic mass is 10.0. The molecule has 0 aromatic carbocycles. The van der Waals surface area contributed by atoms with Crippen LogP contribution in [0, 0.1) is 13.8 Å². The molecule has 0 amide bonds. The molecule has 1 aromatic heterocycles. The second kappa shape index (κ2) is 5.02. The van der Waals surface area contributed by atoms with Crippen LogP contribution in [-0.2, 0) is 6.54 Å². The van der Waals surface area contributed by atoms with Crippen molar-refractivity contribution in [3.8, 4) is 0 Å². The Morgan fingerprint density at radius 1 is 1.41 bits per heavy atom. The minimum Gasteiger partial charge on any atom is -0.398 e. The van der Waals surface area contributed by atoms with Gasteiger partial charge in [0.25, 0.3) is 0 Å². The Bertz CT molecular complexity index is 402. The van der Waals surface area contributed by atoms with Crippen LogP contribution in [0.15, 0.2) is 6.20 Å². The number of aliphatic hydroxyl groups excluding tert-OH is 1. The highest BCUT2D eigenvalue weighted by atomic mass is 16.3. The average Bonchev–Trinajstić information content (AvgIpc) is 2.29. The maximum atomic E-state index is 9.32. The highest BCUT2D eigenvalue weighted by Gasteiger charge is 2.23. The third-order valence-corrected chi connectivity index (χ3v) is 3.48. The van der Waals surface area contributed by atoms with Crippen molar-refractivity contribution in [2.24, 2.45) is 0 Å². The molecular formula is C13H23N3O. The fourth-order valence-electron chi connectivity index (χ4n) is 1.51. The zero-order valence-corrected chi connectivity index (χ0v) is 11.4. The number of hydrogen-bond acceptors (Lipinski definition) is 4. The van der Waals surface area contributed by atoms with E-state index in [1.807, 2.05) is 34.7 Å². The van der Waals surface area contributed by atoms with Gasteiger partial charge in [-0.15, -0.1) is 0 Å². The molecule has 0 aliphatic carbocycles. The summed E-state index contributed by atoms with van der Waals surface area (Å²) in [5.41, 5.74) is 9.56. The summed E-state index contributed by atoms with van der Waals surface area (Å²) in [4.78, 5) is 6.50. The number of likely N-dealkylation sites (N-methyl/N-ethyl adjacent to an activating group) is 1. The SMILES string of the molecule is Cc1cnc(CN(C)C(C)(C)CO)c(C)c1N. The summed E-state index contributed by atoms with van der Waals surface area (Å²) >= 11 is 0. The van der Waals surface area contributed by atoms with Gasteiger partial charge < -0.3 is 10.8 Å². The van der Waals surface area contributed by atoms with Crippen LogP contribution in [-0.4, -0.2) is 34.2 Å². The molecule has 1 heterocycles. The van der Waals surface area contributed by atoms with E-state index in [-0.39, 0.29) is 12.1 Å². The first-order valence-electron chi connectivity index (χ1n) is 5.82. The number of nitrogen functional groups attached to an aromatic ring is 1. The monoisotopic (exact) mass is 237 g/mol. The lowest BCUT2D eigenvalue weighted by Crippen LogP contribution is -2.43. The molecule has 3 N–H and O–H groups in total. The van der Waals surface area contributed by atoms with Crippen molar-refractivity contribution in [1.29, 1.82) is 0 Å². The molecule has 0 radical (unpaired) electrons. The van der Waals surface area contributed by atoms with E-state index in [1.54, 1.807) is 6.20 Å². The van der Waals surface area contributed by atoms with Crippen molar-refractivity contribution in [3.05, 3.63) is 23.0 Å². The van der Waals surface area contributed by atoms with Crippen molar-refractivity contribution >= 4 is 5.69 Å². The number of aryl methyl sites for hydroxylation is 1. The quantitative estimate of drug-likeness (QED) is 0.832. The van der Waals surface area contributed by atoms with E-state index in [0.717, 1.165) is 22.5 Å². The normalized spacial score (nSPS) is 12.2. The zero-order chi connectivity index (χ0) is 13.2. The Morgan fingerprint density at radius 2 is 2.00 bits per heavy atom. The molecule has 0 bridgehead atoms. The molecule has 0 saturated carbocycles. The lowest BCUT2D eigenvalue weighted by molar-refractivity contribution is 0.0723. The van der Waals surface area contributed by atoms with Crippen molar-refractivity contribution < 1.29 is 5.11 Å². The molecule has 0 spiro atoms. The van der Waals surface area contributed by atoms with Gasteiger partial charge in [-0.05, 0) is 45.9 Å². The standard InChI is InChI=1S/C13H23N3O/c1-9-6-15-11(10(2)12(9)14)7-16(5)13(3,4)8-17/h6,17H,7-8H2,1-5H3,(H2,14,15). The molecular weight excluding hydrogens is 214 g/mol. The molecule has 1 rings (SSSR count). The van der Waals surface area contributed by atoms with Gasteiger partial charge in [0.2, 0.25) is 0 Å². The molecule has 0 fully saturated rings. The fourth-order valence-corrected chi connectivity index (χ4v) is 1.51. The Kier molecular flexibility index (Phi) is 4.11. The van der Waals surface area contributed by atoms with E-state index in [2.05, 4.69) is 9.88 Å². The topological polar surface area (TPSA) is 62.4 Å². The molecule has 4 heteroatoms. The second-order valence-electron chi connectivity index (χ2n) is 5.25. The van der Waals surface area contributed by atoms with Gasteiger partial charge in [0.1, 0.15) is 0 Å². The fraction of sp³-hybridized carbons (Fsp3) is 0.615. The van der Waals surface area contributed by atoms with Crippen molar-refractivity contribution in [2.45, 2.75) is 39.8 Å². The minimum absolute atomic E-state index is 0.115. The number of hydrogen-bond donors (Lipinski definition) is 2. The number of pyridine rings is 1. The minimum atomic E-state index is -0.256. The maximum Gasteiger partial charge on any atom is 0.0610 e. The highest BCUT2D eigenvalue weighted by Crippen LogP contribution is 2.21. The first kappa shape index (κ1) is 13.9. The van der Waals surface area contributed by atoms with Crippen LogP contribution in [0.5, 0.6) is 0 Å². The van der Waals surface area contributed by atoms with E-state index < -0.39 is 0 Å². The Hall–Kier alpha value is -1.13. The van der Waals surface area contributed by atoms with Crippen LogP contribution in [0.25, 0.3) is 0 Å². The average molecular weight is 237 g/mol. The number of nitrogens with two attached hydrogens (primary N) is 1. The van der Waals surface area contributed by atoms with Crippen LogP contribution in [0.2, 0.25) is 0 Å². The van der Waals surface area contributed by atoms with E-state index in [0.29, 0.717) is 6.54 Å².